The zero-order valence-electron chi connectivity index (χ0n) is 7.08. The van der Waals surface area contributed by atoms with Crippen molar-refractivity contribution in [1.29, 1.82) is 0 Å². The van der Waals surface area contributed by atoms with Gasteiger partial charge in [-0.15, -0.1) is 0 Å². The second kappa shape index (κ2) is 3.75. The van der Waals surface area contributed by atoms with Crippen LogP contribution in [-0.2, 0) is 6.42 Å². The SMILES string of the molecule is Fc1ccc(Cc2ncon2)c(Cl)c1. The molecule has 0 saturated carbocycles. The maximum absolute atomic E-state index is 12.7. The van der Waals surface area contributed by atoms with E-state index in [2.05, 4.69) is 14.7 Å². The van der Waals surface area contributed by atoms with Crippen molar-refractivity contribution >= 4 is 11.6 Å². The summed E-state index contributed by atoms with van der Waals surface area (Å²) in [5, 5.41) is 4.01. The van der Waals surface area contributed by atoms with Crippen LogP contribution < -0.4 is 0 Å². The Morgan fingerprint density at radius 1 is 1.43 bits per heavy atom. The van der Waals surface area contributed by atoms with Crippen LogP contribution >= 0.6 is 11.6 Å². The molecule has 0 unspecified atom stereocenters. The van der Waals surface area contributed by atoms with Crippen molar-refractivity contribution < 1.29 is 8.91 Å². The van der Waals surface area contributed by atoms with Crippen LogP contribution in [0.5, 0.6) is 0 Å². The summed E-state index contributed by atoms with van der Waals surface area (Å²) in [6.07, 6.45) is 1.68. The molecule has 1 aromatic carbocycles. The first-order valence-electron chi connectivity index (χ1n) is 3.95. The van der Waals surface area contributed by atoms with Gasteiger partial charge in [-0.2, -0.15) is 4.98 Å². The number of aromatic nitrogens is 2. The lowest BCUT2D eigenvalue weighted by molar-refractivity contribution is 0.411. The van der Waals surface area contributed by atoms with Crippen molar-refractivity contribution in [3.05, 3.63) is 46.8 Å². The Kier molecular flexibility index (Phi) is 2.45. The van der Waals surface area contributed by atoms with Gasteiger partial charge < -0.3 is 4.52 Å². The van der Waals surface area contributed by atoms with Crippen LogP contribution in [0.2, 0.25) is 5.02 Å². The second-order valence-electron chi connectivity index (χ2n) is 2.76. The zero-order chi connectivity index (χ0) is 9.97. The highest BCUT2D eigenvalue weighted by atomic mass is 35.5. The van der Waals surface area contributed by atoms with Gasteiger partial charge in [-0.3, -0.25) is 0 Å². The Hall–Kier alpha value is -1.42. The molecule has 2 rings (SSSR count). The smallest absolute Gasteiger partial charge is 0.213 e. The molecule has 0 aliphatic carbocycles. The quantitative estimate of drug-likeness (QED) is 0.768. The molecule has 0 aliphatic heterocycles. The highest BCUT2D eigenvalue weighted by molar-refractivity contribution is 6.31. The van der Waals surface area contributed by atoms with Crippen LogP contribution in [0.4, 0.5) is 4.39 Å². The molecule has 72 valence electrons. The van der Waals surface area contributed by atoms with Crippen LogP contribution in [0, 0.1) is 5.82 Å². The van der Waals surface area contributed by atoms with Gasteiger partial charge in [0.05, 0.1) is 0 Å². The predicted molar refractivity (Wildman–Crippen MR) is 48.5 cm³/mol. The minimum absolute atomic E-state index is 0.355. The maximum atomic E-state index is 12.7. The zero-order valence-corrected chi connectivity index (χ0v) is 7.83. The molecule has 14 heavy (non-hydrogen) atoms. The fourth-order valence-electron chi connectivity index (χ4n) is 1.11. The lowest BCUT2D eigenvalue weighted by atomic mass is 10.1. The summed E-state index contributed by atoms with van der Waals surface area (Å²) >= 11 is 5.82. The molecular formula is C9H6ClFN2O. The molecule has 0 saturated heterocycles. The Morgan fingerprint density at radius 2 is 2.29 bits per heavy atom. The first-order chi connectivity index (χ1) is 6.75. The Balaban J connectivity index is 2.25. The van der Waals surface area contributed by atoms with E-state index >= 15 is 0 Å². The van der Waals surface area contributed by atoms with Crippen LogP contribution in [0.25, 0.3) is 0 Å². The number of hydrogen-bond acceptors (Lipinski definition) is 3. The maximum Gasteiger partial charge on any atom is 0.213 e. The van der Waals surface area contributed by atoms with Crippen molar-refractivity contribution in [3.63, 3.8) is 0 Å². The summed E-state index contributed by atoms with van der Waals surface area (Å²) in [6, 6.07) is 4.21. The Labute approximate surface area is 84.5 Å². The Bertz CT molecular complexity index is 430. The van der Waals surface area contributed by atoms with Gasteiger partial charge in [-0.25, -0.2) is 4.39 Å². The lowest BCUT2D eigenvalue weighted by Gasteiger charge is -2.00. The minimum Gasteiger partial charge on any atom is -0.343 e. The number of halogens is 2. The molecule has 1 heterocycles. The van der Waals surface area contributed by atoms with Crippen LogP contribution in [0.15, 0.2) is 29.1 Å². The molecule has 3 nitrogen and oxygen atoms in total. The van der Waals surface area contributed by atoms with E-state index in [0.29, 0.717) is 17.3 Å². The molecule has 0 bridgehead atoms. The summed E-state index contributed by atoms with van der Waals surface area (Å²) in [7, 11) is 0. The molecule has 0 radical (unpaired) electrons. The second-order valence-corrected chi connectivity index (χ2v) is 3.17. The average Bonchev–Trinajstić information content (AvgIpc) is 2.62. The monoisotopic (exact) mass is 212 g/mol. The van der Waals surface area contributed by atoms with Gasteiger partial charge in [0.1, 0.15) is 5.82 Å². The van der Waals surface area contributed by atoms with E-state index in [9.17, 15) is 4.39 Å². The molecule has 0 amide bonds. The molecule has 2 aromatic rings. The van der Waals surface area contributed by atoms with Crippen molar-refractivity contribution in [3.8, 4) is 0 Å². The normalized spacial score (nSPS) is 10.4. The summed E-state index contributed by atoms with van der Waals surface area (Å²) < 4.78 is 17.3. The molecule has 1 aromatic heterocycles. The molecular weight excluding hydrogens is 207 g/mol. The van der Waals surface area contributed by atoms with Crippen molar-refractivity contribution in [2.24, 2.45) is 0 Å². The third-order valence-corrected chi connectivity index (χ3v) is 2.12. The molecule has 0 spiro atoms. The van der Waals surface area contributed by atoms with Crippen LogP contribution in [-0.4, -0.2) is 10.1 Å². The van der Waals surface area contributed by atoms with Gasteiger partial charge in [0.25, 0.3) is 0 Å². The number of rotatable bonds is 2. The van der Waals surface area contributed by atoms with Gasteiger partial charge >= 0.3 is 0 Å². The first-order valence-corrected chi connectivity index (χ1v) is 4.32. The van der Waals surface area contributed by atoms with Crippen molar-refractivity contribution in [2.75, 3.05) is 0 Å². The van der Waals surface area contributed by atoms with Crippen LogP contribution in [0.1, 0.15) is 11.4 Å². The van der Waals surface area contributed by atoms with Gasteiger partial charge in [0.2, 0.25) is 6.39 Å². The minimum atomic E-state index is -0.355. The van der Waals surface area contributed by atoms with Crippen LogP contribution in [0.3, 0.4) is 0 Å². The van der Waals surface area contributed by atoms with E-state index in [1.165, 1.54) is 18.5 Å². The van der Waals surface area contributed by atoms with E-state index in [4.69, 9.17) is 11.6 Å². The highest BCUT2D eigenvalue weighted by Gasteiger charge is 2.05. The van der Waals surface area contributed by atoms with Crippen molar-refractivity contribution in [2.45, 2.75) is 6.42 Å². The third-order valence-electron chi connectivity index (χ3n) is 1.77. The number of hydrogen-bond donors (Lipinski definition) is 0. The topological polar surface area (TPSA) is 38.9 Å². The predicted octanol–water partition coefficient (Wildman–Crippen LogP) is 2.45. The lowest BCUT2D eigenvalue weighted by Crippen LogP contribution is -1.92. The molecule has 0 N–H and O–H groups in total. The summed E-state index contributed by atoms with van der Waals surface area (Å²) in [6.45, 7) is 0. The first kappa shape index (κ1) is 9.15. The van der Waals surface area contributed by atoms with Gasteiger partial charge in [0, 0.05) is 11.4 Å². The summed E-state index contributed by atoms with van der Waals surface area (Å²) in [5.74, 6) is 0.172. The molecule has 5 heteroatoms. The van der Waals surface area contributed by atoms with Crippen molar-refractivity contribution in [1.82, 2.24) is 10.1 Å². The molecule has 0 atom stereocenters. The fraction of sp³-hybridized carbons (Fsp3) is 0.111. The third kappa shape index (κ3) is 1.90. The molecule has 0 aliphatic rings. The van der Waals surface area contributed by atoms with E-state index < -0.39 is 0 Å². The number of nitrogens with zero attached hydrogens (tertiary/aromatic N) is 2. The average molecular weight is 213 g/mol. The summed E-state index contributed by atoms with van der Waals surface area (Å²) in [5.41, 5.74) is 0.773. The molecule has 0 fully saturated rings. The van der Waals surface area contributed by atoms with Gasteiger partial charge in [0.15, 0.2) is 5.82 Å². The van der Waals surface area contributed by atoms with E-state index in [-0.39, 0.29) is 5.82 Å². The summed E-state index contributed by atoms with van der Waals surface area (Å²) in [4.78, 5) is 3.84. The fourth-order valence-corrected chi connectivity index (χ4v) is 1.34. The largest absolute Gasteiger partial charge is 0.343 e. The van der Waals surface area contributed by atoms with Gasteiger partial charge in [-0.1, -0.05) is 22.8 Å². The van der Waals surface area contributed by atoms with E-state index in [0.717, 1.165) is 5.56 Å². The standard InChI is InChI=1S/C9H6ClFN2O/c10-8-4-7(11)2-1-6(8)3-9-12-5-14-13-9/h1-2,4-5H,3H2. The van der Waals surface area contributed by atoms with Gasteiger partial charge in [-0.05, 0) is 17.7 Å². The highest BCUT2D eigenvalue weighted by Crippen LogP contribution is 2.19. The Morgan fingerprint density at radius 3 is 2.93 bits per heavy atom. The number of benzene rings is 1. The van der Waals surface area contributed by atoms with E-state index in [1.807, 2.05) is 0 Å². The van der Waals surface area contributed by atoms with E-state index in [1.54, 1.807) is 6.07 Å².